The summed E-state index contributed by atoms with van der Waals surface area (Å²) >= 11 is 0. The summed E-state index contributed by atoms with van der Waals surface area (Å²) in [5.74, 6) is 0.489. The van der Waals surface area contributed by atoms with Gasteiger partial charge in [-0.25, -0.2) is 0 Å². The van der Waals surface area contributed by atoms with Crippen LogP contribution in [-0.4, -0.2) is 10.8 Å². The number of aromatic nitrogens is 1. The molecule has 0 radical (unpaired) electrons. The lowest BCUT2D eigenvalue weighted by Crippen LogP contribution is -2.26. The molecule has 0 spiro atoms. The van der Waals surface area contributed by atoms with Gasteiger partial charge in [0.2, 0.25) is 0 Å². The van der Waals surface area contributed by atoms with Gasteiger partial charge in [-0.3, -0.25) is 9.78 Å². The summed E-state index contributed by atoms with van der Waals surface area (Å²) < 4.78 is 0. The number of carbonyl (C=O) groups excluding carboxylic acids is 1. The van der Waals surface area contributed by atoms with Gasteiger partial charge in [0.25, 0.3) is 0 Å². The molecule has 1 unspecified atom stereocenters. The zero-order valence-corrected chi connectivity index (χ0v) is 12.8. The van der Waals surface area contributed by atoms with Crippen LogP contribution in [0.25, 0.3) is 0 Å². The number of Topliss-reactive ketones (excluding diaryl/α,β-unsaturated/α-hetero) is 1. The van der Waals surface area contributed by atoms with E-state index in [2.05, 4.69) is 17.1 Å². The molecule has 0 saturated heterocycles. The van der Waals surface area contributed by atoms with Crippen LogP contribution in [0.4, 0.5) is 0 Å². The van der Waals surface area contributed by atoms with E-state index in [9.17, 15) is 4.79 Å². The summed E-state index contributed by atoms with van der Waals surface area (Å²) in [6, 6.07) is 8.35. The molecule has 4 rings (SSSR count). The number of pyridine rings is 1. The monoisotopic (exact) mass is 291 g/mol. The van der Waals surface area contributed by atoms with Crippen molar-refractivity contribution in [2.45, 2.75) is 44.9 Å². The highest BCUT2D eigenvalue weighted by Crippen LogP contribution is 2.34. The van der Waals surface area contributed by atoms with E-state index >= 15 is 0 Å². The molecule has 2 aromatic rings. The molecule has 0 N–H and O–H groups in total. The zero-order chi connectivity index (χ0) is 14.9. The van der Waals surface area contributed by atoms with Gasteiger partial charge in [0, 0.05) is 23.9 Å². The third kappa shape index (κ3) is 2.37. The smallest absolute Gasteiger partial charge is 0.166 e. The molecule has 0 aliphatic heterocycles. The number of carbonyl (C=O) groups is 1. The molecule has 1 heterocycles. The van der Waals surface area contributed by atoms with Crippen LogP contribution >= 0.6 is 0 Å². The standard InChI is InChI=1S/C20H21NO/c22-20-16(13-14-9-11-21-12-10-14)6-7-18-17-4-2-1-3-15(17)5-8-19(18)20/h5,8-12,16H,1-4,6-7,13H2. The van der Waals surface area contributed by atoms with Gasteiger partial charge in [0.15, 0.2) is 5.78 Å². The minimum atomic E-state index is 0.136. The first-order valence-corrected chi connectivity index (χ1v) is 8.39. The quantitative estimate of drug-likeness (QED) is 0.838. The number of benzene rings is 1. The predicted molar refractivity (Wildman–Crippen MR) is 87.2 cm³/mol. The van der Waals surface area contributed by atoms with Crippen LogP contribution in [0, 0.1) is 5.92 Å². The van der Waals surface area contributed by atoms with Crippen molar-refractivity contribution in [3.8, 4) is 0 Å². The maximum Gasteiger partial charge on any atom is 0.166 e. The molecule has 2 aliphatic rings. The largest absolute Gasteiger partial charge is 0.294 e. The van der Waals surface area contributed by atoms with E-state index in [-0.39, 0.29) is 5.92 Å². The number of aryl methyl sites for hydroxylation is 1. The molecular weight excluding hydrogens is 270 g/mol. The lowest BCUT2D eigenvalue weighted by atomic mass is 9.75. The molecule has 2 nitrogen and oxygen atoms in total. The Hall–Kier alpha value is -1.96. The molecule has 2 heteroatoms. The van der Waals surface area contributed by atoms with Crippen molar-refractivity contribution < 1.29 is 4.79 Å². The highest BCUT2D eigenvalue weighted by atomic mass is 16.1. The van der Waals surface area contributed by atoms with Crippen molar-refractivity contribution in [3.63, 3.8) is 0 Å². The Kier molecular flexibility index (Phi) is 3.53. The Morgan fingerprint density at radius 2 is 1.77 bits per heavy atom. The summed E-state index contributed by atoms with van der Waals surface area (Å²) in [4.78, 5) is 16.9. The van der Waals surface area contributed by atoms with E-state index in [4.69, 9.17) is 0 Å². The Morgan fingerprint density at radius 3 is 2.64 bits per heavy atom. The first-order valence-electron chi connectivity index (χ1n) is 8.39. The fraction of sp³-hybridized carbons (Fsp3) is 0.400. The second-order valence-corrected chi connectivity index (χ2v) is 6.60. The molecule has 2 aliphatic carbocycles. The van der Waals surface area contributed by atoms with Crippen LogP contribution in [0.2, 0.25) is 0 Å². The van der Waals surface area contributed by atoms with Gasteiger partial charge in [0.05, 0.1) is 0 Å². The number of rotatable bonds is 2. The first-order chi connectivity index (χ1) is 10.8. The summed E-state index contributed by atoms with van der Waals surface area (Å²) in [6.07, 6.45) is 11.5. The first kappa shape index (κ1) is 13.7. The van der Waals surface area contributed by atoms with Crippen molar-refractivity contribution in [1.29, 1.82) is 0 Å². The molecular formula is C20H21NO. The number of hydrogen-bond acceptors (Lipinski definition) is 2. The van der Waals surface area contributed by atoms with E-state index in [1.54, 1.807) is 0 Å². The SMILES string of the molecule is O=C1c2ccc3c(c2CCC1Cc1ccncc1)CCCC3. The van der Waals surface area contributed by atoms with Crippen molar-refractivity contribution >= 4 is 5.78 Å². The highest BCUT2D eigenvalue weighted by Gasteiger charge is 2.30. The average molecular weight is 291 g/mol. The lowest BCUT2D eigenvalue weighted by Gasteiger charge is -2.28. The topological polar surface area (TPSA) is 30.0 Å². The minimum absolute atomic E-state index is 0.136. The molecule has 1 aromatic heterocycles. The molecule has 112 valence electrons. The van der Waals surface area contributed by atoms with Crippen LogP contribution in [0.15, 0.2) is 36.7 Å². The van der Waals surface area contributed by atoms with Crippen molar-refractivity contribution in [1.82, 2.24) is 4.98 Å². The third-order valence-electron chi connectivity index (χ3n) is 5.26. The summed E-state index contributed by atoms with van der Waals surface area (Å²) in [7, 11) is 0. The molecule has 0 fully saturated rings. The van der Waals surface area contributed by atoms with Gasteiger partial charge in [-0.15, -0.1) is 0 Å². The normalized spacial score (nSPS) is 20.4. The fourth-order valence-electron chi connectivity index (χ4n) is 4.09. The van der Waals surface area contributed by atoms with Gasteiger partial charge >= 0.3 is 0 Å². The summed E-state index contributed by atoms with van der Waals surface area (Å²) in [5, 5.41) is 0. The molecule has 1 atom stereocenters. The lowest BCUT2D eigenvalue weighted by molar-refractivity contribution is 0.0901. The number of nitrogens with zero attached hydrogens (tertiary/aromatic N) is 1. The van der Waals surface area contributed by atoms with Crippen molar-refractivity contribution in [2.24, 2.45) is 5.92 Å². The second-order valence-electron chi connectivity index (χ2n) is 6.60. The van der Waals surface area contributed by atoms with Gasteiger partial charge in [-0.1, -0.05) is 12.1 Å². The number of hydrogen-bond donors (Lipinski definition) is 0. The summed E-state index contributed by atoms with van der Waals surface area (Å²) in [6.45, 7) is 0. The van der Waals surface area contributed by atoms with Crippen LogP contribution in [0.3, 0.4) is 0 Å². The van der Waals surface area contributed by atoms with E-state index < -0.39 is 0 Å². The molecule has 1 aromatic carbocycles. The molecule has 0 amide bonds. The highest BCUT2D eigenvalue weighted by molar-refractivity contribution is 6.00. The molecule has 0 bridgehead atoms. The maximum atomic E-state index is 12.9. The molecule has 22 heavy (non-hydrogen) atoms. The van der Waals surface area contributed by atoms with Crippen LogP contribution < -0.4 is 0 Å². The van der Waals surface area contributed by atoms with E-state index in [0.29, 0.717) is 5.78 Å². The van der Waals surface area contributed by atoms with Gasteiger partial charge < -0.3 is 0 Å². The summed E-state index contributed by atoms with van der Waals surface area (Å²) in [5.41, 5.74) is 6.58. The van der Waals surface area contributed by atoms with E-state index in [0.717, 1.165) is 24.8 Å². The van der Waals surface area contributed by atoms with Crippen molar-refractivity contribution in [3.05, 3.63) is 64.5 Å². The average Bonchev–Trinajstić information content (AvgIpc) is 2.58. The van der Waals surface area contributed by atoms with E-state index in [1.807, 2.05) is 24.5 Å². The van der Waals surface area contributed by atoms with Gasteiger partial charge in [-0.05, 0) is 79.3 Å². The van der Waals surface area contributed by atoms with Crippen LogP contribution in [-0.2, 0) is 25.7 Å². The van der Waals surface area contributed by atoms with Gasteiger partial charge in [-0.2, -0.15) is 0 Å². The second kappa shape index (κ2) is 5.68. The Bertz CT molecular complexity index is 705. The third-order valence-corrected chi connectivity index (χ3v) is 5.26. The van der Waals surface area contributed by atoms with Gasteiger partial charge in [0.1, 0.15) is 0 Å². The Balaban J connectivity index is 1.63. The number of fused-ring (bicyclic) bond motifs is 3. The van der Waals surface area contributed by atoms with E-state index in [1.165, 1.54) is 47.9 Å². The maximum absolute atomic E-state index is 12.9. The zero-order valence-electron chi connectivity index (χ0n) is 12.8. The number of ketones is 1. The van der Waals surface area contributed by atoms with Crippen molar-refractivity contribution in [2.75, 3.05) is 0 Å². The van der Waals surface area contributed by atoms with Crippen LogP contribution in [0.1, 0.15) is 51.9 Å². The molecule has 0 saturated carbocycles. The fourth-order valence-corrected chi connectivity index (χ4v) is 4.09. The Labute approximate surface area is 131 Å². The Morgan fingerprint density at radius 1 is 0.955 bits per heavy atom. The van der Waals surface area contributed by atoms with Crippen LogP contribution in [0.5, 0.6) is 0 Å². The minimum Gasteiger partial charge on any atom is -0.294 e. The predicted octanol–water partition coefficient (Wildman–Crippen LogP) is 3.95.